The molecule has 3 heterocycles. The van der Waals surface area contributed by atoms with Gasteiger partial charge in [-0.1, -0.05) is 0 Å². The van der Waals surface area contributed by atoms with Crippen LogP contribution in [0.15, 0.2) is 47.8 Å². The first-order chi connectivity index (χ1) is 16.1. The molecule has 5 rings (SSSR count). The Labute approximate surface area is 194 Å². The van der Waals surface area contributed by atoms with Crippen LogP contribution in [-0.2, 0) is 4.79 Å². The zero-order chi connectivity index (χ0) is 22.8. The molecule has 1 fully saturated rings. The average molecular weight is 468 g/mol. The van der Waals surface area contributed by atoms with Crippen molar-refractivity contribution in [1.29, 1.82) is 0 Å². The van der Waals surface area contributed by atoms with Gasteiger partial charge in [-0.15, -0.1) is 11.3 Å². The highest BCUT2D eigenvalue weighted by Gasteiger charge is 2.29. The number of carbonyl (C=O) groups is 2. The zero-order valence-corrected chi connectivity index (χ0v) is 18.6. The van der Waals surface area contributed by atoms with Crippen molar-refractivity contribution in [2.24, 2.45) is 5.92 Å². The second-order valence-corrected chi connectivity index (χ2v) is 8.84. The van der Waals surface area contributed by atoms with Gasteiger partial charge in [0.05, 0.1) is 11.6 Å². The number of hydrogen-bond acceptors (Lipinski definition) is 6. The fourth-order valence-corrected chi connectivity index (χ4v) is 4.75. The number of rotatable bonds is 4. The number of carbonyl (C=O) groups excluding carboxylic acids is 2. The number of hydrogen-bond donors (Lipinski definition) is 1. The Morgan fingerprint density at radius 3 is 2.70 bits per heavy atom. The molecule has 2 aromatic carbocycles. The van der Waals surface area contributed by atoms with Crippen molar-refractivity contribution >= 4 is 28.3 Å². The van der Waals surface area contributed by atoms with E-state index in [1.54, 1.807) is 4.90 Å². The number of halogens is 1. The van der Waals surface area contributed by atoms with Crippen LogP contribution in [0.5, 0.6) is 11.5 Å². The van der Waals surface area contributed by atoms with Crippen LogP contribution in [0.1, 0.15) is 23.2 Å². The maximum absolute atomic E-state index is 13.2. The summed E-state index contributed by atoms with van der Waals surface area (Å²) in [5, 5.41) is 5.28. The maximum atomic E-state index is 13.2. The summed E-state index contributed by atoms with van der Waals surface area (Å²) in [6, 6.07) is 11.1. The number of nitrogens with one attached hydrogen (secondary N) is 1. The molecule has 1 aromatic heterocycles. The topological polar surface area (TPSA) is 80.8 Å². The Kier molecular flexibility index (Phi) is 5.95. The van der Waals surface area contributed by atoms with Crippen molar-refractivity contribution in [3.05, 3.63) is 59.2 Å². The summed E-state index contributed by atoms with van der Waals surface area (Å²) >= 11 is 1.35. The Balaban J connectivity index is 1.23. The second kappa shape index (κ2) is 9.19. The van der Waals surface area contributed by atoms with Gasteiger partial charge in [-0.05, 0) is 55.3 Å². The standard InChI is InChI=1S/C24H22FN3O4S/c25-18-6-3-15(4-7-18)23(30)28-9-1-2-17(13-28)22(29)27-24-26-19(14-33-24)16-5-8-20-21(12-16)32-11-10-31-20/h3-8,12,14,17H,1-2,9-11,13H2,(H,26,27,29). The number of amides is 2. The Hall–Kier alpha value is -3.46. The third-order valence-electron chi connectivity index (χ3n) is 5.74. The second-order valence-electron chi connectivity index (χ2n) is 7.98. The van der Waals surface area contributed by atoms with E-state index in [9.17, 15) is 14.0 Å². The van der Waals surface area contributed by atoms with Crippen LogP contribution in [0.25, 0.3) is 11.3 Å². The highest BCUT2D eigenvalue weighted by molar-refractivity contribution is 7.14. The number of thiazole rings is 1. The fraction of sp³-hybridized carbons (Fsp3) is 0.292. The normalized spacial score (nSPS) is 17.5. The summed E-state index contributed by atoms with van der Waals surface area (Å²) in [5.74, 6) is 0.333. The molecule has 0 radical (unpaired) electrons. The molecule has 1 unspecified atom stereocenters. The largest absolute Gasteiger partial charge is 0.486 e. The first-order valence-corrected chi connectivity index (χ1v) is 11.7. The molecule has 2 aliphatic rings. The first kappa shape index (κ1) is 21.4. The maximum Gasteiger partial charge on any atom is 0.253 e. The summed E-state index contributed by atoms with van der Waals surface area (Å²) in [6.45, 7) is 1.94. The molecule has 170 valence electrons. The minimum absolute atomic E-state index is 0.158. The third-order valence-corrected chi connectivity index (χ3v) is 6.50. The van der Waals surface area contributed by atoms with Crippen LogP contribution in [0.2, 0.25) is 0 Å². The minimum Gasteiger partial charge on any atom is -0.486 e. The van der Waals surface area contributed by atoms with Gasteiger partial charge in [0.15, 0.2) is 16.6 Å². The Bertz CT molecular complexity index is 1180. The lowest BCUT2D eigenvalue weighted by Gasteiger charge is -2.32. The van der Waals surface area contributed by atoms with Crippen LogP contribution in [0.4, 0.5) is 9.52 Å². The van der Waals surface area contributed by atoms with Gasteiger partial charge in [0.25, 0.3) is 5.91 Å². The van der Waals surface area contributed by atoms with Crippen molar-refractivity contribution in [1.82, 2.24) is 9.88 Å². The number of anilines is 1. The number of aromatic nitrogens is 1. The molecule has 2 aliphatic heterocycles. The molecule has 0 spiro atoms. The van der Waals surface area contributed by atoms with E-state index in [4.69, 9.17) is 9.47 Å². The van der Waals surface area contributed by atoms with Crippen LogP contribution in [-0.4, -0.2) is 48.0 Å². The minimum atomic E-state index is -0.387. The van der Waals surface area contributed by atoms with Crippen LogP contribution < -0.4 is 14.8 Å². The van der Waals surface area contributed by atoms with E-state index < -0.39 is 0 Å². The highest BCUT2D eigenvalue weighted by atomic mass is 32.1. The van der Waals surface area contributed by atoms with Gasteiger partial charge in [-0.25, -0.2) is 9.37 Å². The summed E-state index contributed by atoms with van der Waals surface area (Å²) < 4.78 is 24.3. The van der Waals surface area contributed by atoms with Gasteiger partial charge in [-0.2, -0.15) is 0 Å². The number of nitrogens with zero attached hydrogens (tertiary/aromatic N) is 2. The molecular weight excluding hydrogens is 445 g/mol. The number of likely N-dealkylation sites (tertiary alicyclic amines) is 1. The summed E-state index contributed by atoms with van der Waals surface area (Å²) in [7, 11) is 0. The van der Waals surface area contributed by atoms with Crippen molar-refractivity contribution in [3.63, 3.8) is 0 Å². The van der Waals surface area contributed by atoms with Gasteiger partial charge in [0.1, 0.15) is 19.0 Å². The fourth-order valence-electron chi connectivity index (χ4n) is 4.02. The number of ether oxygens (including phenoxy) is 2. The van der Waals surface area contributed by atoms with Gasteiger partial charge < -0.3 is 19.7 Å². The smallest absolute Gasteiger partial charge is 0.253 e. The van der Waals surface area contributed by atoms with Crippen molar-refractivity contribution in [2.45, 2.75) is 12.8 Å². The lowest BCUT2D eigenvalue weighted by molar-refractivity contribution is -0.121. The molecule has 0 bridgehead atoms. The van der Waals surface area contributed by atoms with E-state index in [0.29, 0.717) is 54.9 Å². The molecular formula is C24H22FN3O4S. The van der Waals surface area contributed by atoms with Crippen molar-refractivity contribution < 1.29 is 23.5 Å². The first-order valence-electron chi connectivity index (χ1n) is 10.8. The van der Waals surface area contributed by atoms with Gasteiger partial charge in [0, 0.05) is 29.6 Å². The van der Waals surface area contributed by atoms with E-state index in [0.717, 1.165) is 17.7 Å². The van der Waals surface area contributed by atoms with Gasteiger partial charge in [0.2, 0.25) is 5.91 Å². The van der Waals surface area contributed by atoms with E-state index >= 15 is 0 Å². The van der Waals surface area contributed by atoms with Gasteiger partial charge in [-0.3, -0.25) is 9.59 Å². The van der Waals surface area contributed by atoms with Crippen LogP contribution >= 0.6 is 11.3 Å². The predicted molar refractivity (Wildman–Crippen MR) is 122 cm³/mol. The predicted octanol–water partition coefficient (Wildman–Crippen LogP) is 4.21. The molecule has 0 saturated carbocycles. The number of benzene rings is 2. The van der Waals surface area contributed by atoms with Crippen molar-refractivity contribution in [2.75, 3.05) is 31.6 Å². The lowest BCUT2D eigenvalue weighted by Crippen LogP contribution is -2.43. The molecule has 2 amide bonds. The van der Waals surface area contributed by atoms with Crippen LogP contribution in [0.3, 0.4) is 0 Å². The molecule has 33 heavy (non-hydrogen) atoms. The summed E-state index contributed by atoms with van der Waals surface area (Å²) in [5.41, 5.74) is 2.04. The molecule has 0 aliphatic carbocycles. The van der Waals surface area contributed by atoms with Gasteiger partial charge >= 0.3 is 0 Å². The zero-order valence-electron chi connectivity index (χ0n) is 17.8. The Morgan fingerprint density at radius 1 is 1.09 bits per heavy atom. The van der Waals surface area contributed by atoms with E-state index in [-0.39, 0.29) is 23.5 Å². The molecule has 3 aromatic rings. The van der Waals surface area contributed by atoms with Crippen LogP contribution in [0, 0.1) is 11.7 Å². The van der Waals surface area contributed by atoms with E-state index in [2.05, 4.69) is 10.3 Å². The van der Waals surface area contributed by atoms with E-state index in [1.165, 1.54) is 35.6 Å². The third kappa shape index (κ3) is 4.68. The monoisotopic (exact) mass is 467 g/mol. The quantitative estimate of drug-likeness (QED) is 0.622. The molecule has 7 nitrogen and oxygen atoms in total. The highest BCUT2D eigenvalue weighted by Crippen LogP contribution is 2.35. The molecule has 9 heteroatoms. The Morgan fingerprint density at radius 2 is 1.88 bits per heavy atom. The van der Waals surface area contributed by atoms with E-state index in [1.807, 2.05) is 23.6 Å². The lowest BCUT2D eigenvalue weighted by atomic mass is 9.96. The van der Waals surface area contributed by atoms with Crippen molar-refractivity contribution in [3.8, 4) is 22.8 Å². The SMILES string of the molecule is O=C(Nc1nc(-c2ccc3c(c2)OCCO3)cs1)C1CCCN(C(=O)c2ccc(F)cc2)C1. The summed E-state index contributed by atoms with van der Waals surface area (Å²) in [4.78, 5) is 31.8. The molecule has 1 atom stereocenters. The summed E-state index contributed by atoms with van der Waals surface area (Å²) in [6.07, 6.45) is 1.42. The molecule has 1 N–H and O–H groups in total. The molecule has 1 saturated heterocycles. The average Bonchev–Trinajstić information content (AvgIpc) is 3.32. The number of piperidine rings is 1. The number of fused-ring (bicyclic) bond motifs is 1.